The number of carbonyl (C=O) groups is 1. The second-order valence-corrected chi connectivity index (χ2v) is 10.1. The molecule has 1 fully saturated rings. The molecule has 0 spiro atoms. The fourth-order valence-corrected chi connectivity index (χ4v) is 5.31. The van der Waals surface area contributed by atoms with E-state index in [4.69, 9.17) is 0 Å². The van der Waals surface area contributed by atoms with Crippen molar-refractivity contribution in [2.75, 3.05) is 28.2 Å². The molecule has 0 aliphatic carbocycles. The monoisotopic (exact) mass is 595 g/mol. The van der Waals surface area contributed by atoms with Crippen molar-refractivity contribution in [3.63, 3.8) is 0 Å². The number of aryl methyl sites for hydroxylation is 1. The van der Waals surface area contributed by atoms with E-state index in [1.165, 1.54) is 28.6 Å². The molecule has 0 unspecified atom stereocenters. The molecule has 1 amide bonds. The first kappa shape index (κ1) is 30.6. The number of amides is 1. The summed E-state index contributed by atoms with van der Waals surface area (Å²) < 4.78 is 85.5. The van der Waals surface area contributed by atoms with Crippen LogP contribution in [0, 0.1) is 11.3 Å². The Bertz CT molecular complexity index is 1630. The maximum absolute atomic E-state index is 14.3. The number of nitrogens with one attached hydrogen (secondary N) is 1. The van der Waals surface area contributed by atoms with Gasteiger partial charge in [-0.25, -0.2) is 9.78 Å². The van der Waals surface area contributed by atoms with E-state index < -0.39 is 59.3 Å². The number of fused-ring (bicyclic) bond motifs is 1. The van der Waals surface area contributed by atoms with Gasteiger partial charge in [0, 0.05) is 50.4 Å². The van der Waals surface area contributed by atoms with E-state index in [-0.39, 0.29) is 42.2 Å². The maximum atomic E-state index is 14.3. The van der Waals surface area contributed by atoms with Crippen LogP contribution in [0.25, 0.3) is 11.0 Å². The van der Waals surface area contributed by atoms with Crippen LogP contribution in [0.2, 0.25) is 0 Å². The Labute approximate surface area is 236 Å². The first-order valence-corrected chi connectivity index (χ1v) is 12.9. The summed E-state index contributed by atoms with van der Waals surface area (Å²) in [6.45, 7) is 4.19. The number of anilines is 3. The molecule has 1 N–H and O–H groups in total. The maximum Gasteiger partial charge on any atom is 0.418 e. The highest BCUT2D eigenvalue weighted by atomic mass is 19.4. The molecule has 1 aliphatic heterocycles. The van der Waals surface area contributed by atoms with Gasteiger partial charge in [0.1, 0.15) is 17.3 Å². The Morgan fingerprint density at radius 2 is 1.79 bits per heavy atom. The quantitative estimate of drug-likeness (QED) is 0.424. The number of hydrogen-bond donors (Lipinski definition) is 1. The van der Waals surface area contributed by atoms with Gasteiger partial charge in [-0.3, -0.25) is 9.36 Å². The number of pyridine rings is 1. The van der Waals surface area contributed by atoms with Gasteiger partial charge in [0.15, 0.2) is 5.82 Å². The lowest BCUT2D eigenvalue weighted by Gasteiger charge is -2.48. The van der Waals surface area contributed by atoms with E-state index in [9.17, 15) is 41.2 Å². The fraction of sp³-hybridized carbons (Fsp3) is 0.444. The minimum Gasteiger partial charge on any atom is -0.364 e. The van der Waals surface area contributed by atoms with E-state index in [2.05, 4.69) is 15.3 Å². The summed E-state index contributed by atoms with van der Waals surface area (Å²) in [6, 6.07) is 4.99. The number of carbonyl (C=O) groups excluding carboxylic acids is 1. The number of alkyl halides is 6. The highest BCUT2D eigenvalue weighted by Gasteiger charge is 2.43. The summed E-state index contributed by atoms with van der Waals surface area (Å²) in [4.78, 5) is 35.9. The number of piperazine rings is 1. The summed E-state index contributed by atoms with van der Waals surface area (Å²) in [6.07, 6.45) is -11.4. The van der Waals surface area contributed by atoms with Crippen LogP contribution in [0.4, 0.5) is 43.5 Å². The van der Waals surface area contributed by atoms with Gasteiger partial charge in [-0.2, -0.15) is 36.6 Å². The van der Waals surface area contributed by atoms with Crippen molar-refractivity contribution in [2.45, 2.75) is 58.0 Å². The zero-order valence-corrected chi connectivity index (χ0v) is 23.1. The Balaban J connectivity index is 1.90. The zero-order chi connectivity index (χ0) is 31.1. The molecule has 0 saturated carbocycles. The van der Waals surface area contributed by atoms with E-state index >= 15 is 0 Å². The highest BCUT2D eigenvalue weighted by molar-refractivity contribution is 5.91. The topological polar surface area (TPSA) is 107 Å². The Morgan fingerprint density at radius 3 is 2.36 bits per heavy atom. The first-order valence-electron chi connectivity index (χ1n) is 12.9. The number of nitriles is 1. The van der Waals surface area contributed by atoms with Gasteiger partial charge in [-0.1, -0.05) is 6.92 Å². The Kier molecular flexibility index (Phi) is 8.12. The standard InChI is InChI=1S/C27H27F6N7O2/c1-5-17-13-39(24-22-21(38(4)25(42)37-24)9-6-16(11-34)36-22)14(2)12-40(17)23-18(10-26(28,29)30)20(35-15(3)41)8-7-19(23)27(31,32)33/h6-9,14,17H,5,10,12-13H2,1-4H3,(H,35,41)/t14-,17+/m0/s1. The van der Waals surface area contributed by atoms with Gasteiger partial charge in [-0.05, 0) is 37.6 Å². The summed E-state index contributed by atoms with van der Waals surface area (Å²) in [5, 5.41) is 11.6. The molecule has 1 aromatic carbocycles. The average molecular weight is 596 g/mol. The van der Waals surface area contributed by atoms with Crippen molar-refractivity contribution < 1.29 is 31.1 Å². The molecule has 4 rings (SSSR count). The van der Waals surface area contributed by atoms with Gasteiger partial charge in [0.25, 0.3) is 0 Å². The normalized spacial score (nSPS) is 17.8. The van der Waals surface area contributed by atoms with Crippen LogP contribution in [-0.4, -0.2) is 51.8 Å². The van der Waals surface area contributed by atoms with Crippen LogP contribution in [0.1, 0.15) is 44.0 Å². The lowest BCUT2D eigenvalue weighted by molar-refractivity contribution is -0.138. The van der Waals surface area contributed by atoms with Gasteiger partial charge in [0.05, 0.1) is 23.2 Å². The number of halogens is 6. The van der Waals surface area contributed by atoms with Gasteiger partial charge >= 0.3 is 18.0 Å². The second-order valence-electron chi connectivity index (χ2n) is 10.1. The van der Waals surface area contributed by atoms with Crippen LogP contribution >= 0.6 is 0 Å². The fourth-order valence-electron chi connectivity index (χ4n) is 5.31. The van der Waals surface area contributed by atoms with Gasteiger partial charge in [-0.15, -0.1) is 0 Å². The third kappa shape index (κ3) is 5.97. The van der Waals surface area contributed by atoms with E-state index in [0.717, 1.165) is 13.0 Å². The minimum absolute atomic E-state index is 0.0154. The van der Waals surface area contributed by atoms with Crippen LogP contribution in [0.3, 0.4) is 0 Å². The largest absolute Gasteiger partial charge is 0.418 e. The molecule has 42 heavy (non-hydrogen) atoms. The summed E-state index contributed by atoms with van der Waals surface area (Å²) in [5.41, 5.74) is -2.92. The van der Waals surface area contributed by atoms with Crippen molar-refractivity contribution in [3.8, 4) is 6.07 Å². The number of rotatable bonds is 5. The molecule has 0 radical (unpaired) electrons. The highest BCUT2D eigenvalue weighted by Crippen LogP contribution is 2.45. The molecule has 15 heteroatoms. The van der Waals surface area contributed by atoms with Gasteiger partial charge < -0.3 is 15.1 Å². The molecule has 0 bridgehead atoms. The third-order valence-corrected chi connectivity index (χ3v) is 7.20. The molecule has 224 valence electrons. The number of nitrogens with zero attached hydrogens (tertiary/aromatic N) is 6. The molecule has 2 aromatic heterocycles. The SMILES string of the molecule is CC[C@@H]1CN(c2nc(=O)n(C)c3ccc(C#N)nc23)[C@@H](C)CN1c1c(C(F)(F)F)ccc(NC(C)=O)c1CC(F)(F)F. The van der Waals surface area contributed by atoms with E-state index in [1.54, 1.807) is 18.7 Å². The van der Waals surface area contributed by atoms with E-state index in [0.29, 0.717) is 11.6 Å². The Hall–Kier alpha value is -4.35. The lowest BCUT2D eigenvalue weighted by Crippen LogP contribution is -2.58. The van der Waals surface area contributed by atoms with Crippen LogP contribution in [-0.2, 0) is 24.4 Å². The van der Waals surface area contributed by atoms with Crippen LogP contribution in [0.15, 0.2) is 29.1 Å². The van der Waals surface area contributed by atoms with Crippen molar-refractivity contribution in [1.82, 2.24) is 14.5 Å². The summed E-state index contributed by atoms with van der Waals surface area (Å²) >= 11 is 0. The average Bonchev–Trinajstić information content (AvgIpc) is 2.89. The van der Waals surface area contributed by atoms with Crippen molar-refractivity contribution in [1.29, 1.82) is 5.26 Å². The zero-order valence-electron chi connectivity index (χ0n) is 23.1. The second kappa shape index (κ2) is 11.1. The molecular formula is C27H27F6N7O2. The third-order valence-electron chi connectivity index (χ3n) is 7.20. The van der Waals surface area contributed by atoms with Gasteiger partial charge in [0.2, 0.25) is 5.91 Å². The lowest BCUT2D eigenvalue weighted by atomic mass is 9.95. The molecule has 3 aromatic rings. The Morgan fingerprint density at radius 1 is 1.10 bits per heavy atom. The molecule has 1 saturated heterocycles. The summed E-state index contributed by atoms with van der Waals surface area (Å²) in [5.74, 6) is -0.614. The van der Waals surface area contributed by atoms with E-state index in [1.807, 2.05) is 6.07 Å². The van der Waals surface area contributed by atoms with Crippen LogP contribution in [0.5, 0.6) is 0 Å². The number of hydrogen-bond acceptors (Lipinski definition) is 7. The molecular weight excluding hydrogens is 568 g/mol. The predicted molar refractivity (Wildman–Crippen MR) is 143 cm³/mol. The van der Waals surface area contributed by atoms with Crippen molar-refractivity contribution >= 4 is 34.1 Å². The first-order chi connectivity index (χ1) is 19.6. The molecule has 3 heterocycles. The summed E-state index contributed by atoms with van der Waals surface area (Å²) in [7, 11) is 1.48. The minimum atomic E-state index is -5.00. The number of benzene rings is 1. The van der Waals surface area contributed by atoms with Crippen molar-refractivity contribution in [3.05, 3.63) is 51.6 Å². The van der Waals surface area contributed by atoms with Crippen molar-refractivity contribution in [2.24, 2.45) is 7.05 Å². The molecule has 2 atom stereocenters. The smallest absolute Gasteiger partial charge is 0.364 e. The van der Waals surface area contributed by atoms with Crippen LogP contribution < -0.4 is 20.8 Å². The number of aromatic nitrogens is 3. The molecule has 1 aliphatic rings. The predicted octanol–water partition coefficient (Wildman–Crippen LogP) is 4.78. The molecule has 9 nitrogen and oxygen atoms in total.